The van der Waals surface area contributed by atoms with Crippen LogP contribution in [-0.4, -0.2) is 18.0 Å². The van der Waals surface area contributed by atoms with Crippen LogP contribution in [0.15, 0.2) is 0 Å². The van der Waals surface area contributed by atoms with Crippen molar-refractivity contribution in [1.29, 1.82) is 0 Å². The largest absolute Gasteiger partial charge is 0.353 e. The van der Waals surface area contributed by atoms with E-state index < -0.39 is 0 Å². The van der Waals surface area contributed by atoms with Crippen molar-refractivity contribution in [3.8, 4) is 0 Å². The minimum absolute atomic E-state index is 0. The molecule has 0 radical (unpaired) electrons. The van der Waals surface area contributed by atoms with Crippen LogP contribution < -0.4 is 11.1 Å². The first kappa shape index (κ1) is 14.1. The van der Waals surface area contributed by atoms with Gasteiger partial charge in [0.25, 0.3) is 0 Å². The van der Waals surface area contributed by atoms with Crippen molar-refractivity contribution < 1.29 is 4.79 Å². The Labute approximate surface area is 116 Å². The average Bonchev–Trinajstić information content (AvgIpc) is 3.06. The van der Waals surface area contributed by atoms with Gasteiger partial charge in [-0.15, -0.1) is 12.4 Å². The number of nitrogens with two attached hydrogens (primary N) is 1. The Balaban J connectivity index is 0.00000120. The summed E-state index contributed by atoms with van der Waals surface area (Å²) in [7, 11) is 0. The first-order valence-electron chi connectivity index (χ1n) is 7.31. The summed E-state index contributed by atoms with van der Waals surface area (Å²) < 4.78 is 0. The van der Waals surface area contributed by atoms with Gasteiger partial charge in [-0.1, -0.05) is 12.8 Å². The molecule has 3 rings (SSSR count). The fourth-order valence-corrected chi connectivity index (χ4v) is 3.94. The molecule has 1 amide bonds. The molecule has 2 atom stereocenters. The maximum absolute atomic E-state index is 12.2. The summed E-state index contributed by atoms with van der Waals surface area (Å²) in [6.45, 7) is 0. The number of hydrogen-bond donors (Lipinski definition) is 2. The van der Waals surface area contributed by atoms with Crippen LogP contribution in [0.25, 0.3) is 0 Å². The number of nitrogens with one attached hydrogen (secondary N) is 1. The summed E-state index contributed by atoms with van der Waals surface area (Å²) in [5, 5.41) is 3.26. The van der Waals surface area contributed by atoms with Crippen molar-refractivity contribution in [2.45, 2.75) is 63.5 Å². The number of carbonyl (C=O) groups is 1. The van der Waals surface area contributed by atoms with Crippen LogP contribution in [0.4, 0.5) is 0 Å². The normalized spacial score (nSPS) is 42.4. The lowest BCUT2D eigenvalue weighted by Crippen LogP contribution is -2.41. The van der Waals surface area contributed by atoms with E-state index in [-0.39, 0.29) is 12.4 Å². The summed E-state index contributed by atoms with van der Waals surface area (Å²) in [6, 6.07) is 0.775. The van der Waals surface area contributed by atoms with Gasteiger partial charge in [-0.3, -0.25) is 4.79 Å². The van der Waals surface area contributed by atoms with E-state index >= 15 is 0 Å². The van der Waals surface area contributed by atoms with Crippen molar-refractivity contribution in [1.82, 2.24) is 5.32 Å². The second-order valence-electron chi connectivity index (χ2n) is 6.26. The van der Waals surface area contributed by atoms with Crippen molar-refractivity contribution in [3.63, 3.8) is 0 Å². The number of fused-ring (bicyclic) bond motifs is 1. The molecule has 0 saturated heterocycles. The van der Waals surface area contributed by atoms with Crippen LogP contribution in [0, 0.1) is 17.8 Å². The molecule has 0 heterocycles. The maximum Gasteiger partial charge on any atom is 0.223 e. The zero-order chi connectivity index (χ0) is 11.8. The van der Waals surface area contributed by atoms with Gasteiger partial charge in [-0.05, 0) is 50.4 Å². The van der Waals surface area contributed by atoms with Crippen molar-refractivity contribution in [3.05, 3.63) is 0 Å². The maximum atomic E-state index is 12.2. The third kappa shape index (κ3) is 2.83. The van der Waals surface area contributed by atoms with Gasteiger partial charge in [0.15, 0.2) is 0 Å². The predicted molar refractivity (Wildman–Crippen MR) is 74.6 cm³/mol. The van der Waals surface area contributed by atoms with Crippen LogP contribution in [0.5, 0.6) is 0 Å². The number of hydrogen-bond acceptors (Lipinski definition) is 2. The van der Waals surface area contributed by atoms with Gasteiger partial charge in [-0.25, -0.2) is 0 Å². The molecule has 0 aliphatic heterocycles. The van der Waals surface area contributed by atoms with Gasteiger partial charge in [0.2, 0.25) is 5.91 Å². The zero-order valence-electron chi connectivity index (χ0n) is 10.9. The molecule has 0 aromatic rings. The van der Waals surface area contributed by atoms with Crippen LogP contribution in [0.2, 0.25) is 0 Å². The molecule has 3 saturated carbocycles. The highest BCUT2D eigenvalue weighted by atomic mass is 35.5. The molecule has 18 heavy (non-hydrogen) atoms. The van der Waals surface area contributed by atoms with E-state index in [2.05, 4.69) is 5.32 Å². The Morgan fingerprint density at radius 1 is 0.944 bits per heavy atom. The fourth-order valence-electron chi connectivity index (χ4n) is 3.94. The minimum atomic E-state index is 0. The summed E-state index contributed by atoms with van der Waals surface area (Å²) >= 11 is 0. The van der Waals surface area contributed by atoms with E-state index in [0.717, 1.165) is 37.5 Å². The molecule has 3 N–H and O–H groups in total. The lowest BCUT2D eigenvalue weighted by atomic mass is 9.91. The molecule has 2 unspecified atom stereocenters. The first-order valence-corrected chi connectivity index (χ1v) is 7.31. The molecule has 104 valence electrons. The molecule has 3 aliphatic carbocycles. The quantitative estimate of drug-likeness (QED) is 0.810. The van der Waals surface area contributed by atoms with Crippen LogP contribution in [0.3, 0.4) is 0 Å². The second kappa shape index (κ2) is 5.79. The summed E-state index contributed by atoms with van der Waals surface area (Å²) in [4.78, 5) is 12.2. The van der Waals surface area contributed by atoms with Crippen LogP contribution >= 0.6 is 12.4 Å². The Morgan fingerprint density at radius 2 is 1.50 bits per heavy atom. The van der Waals surface area contributed by atoms with Crippen molar-refractivity contribution in [2.24, 2.45) is 23.5 Å². The summed E-state index contributed by atoms with van der Waals surface area (Å²) in [5.41, 5.74) is 5.88. The van der Waals surface area contributed by atoms with Gasteiger partial charge >= 0.3 is 0 Å². The smallest absolute Gasteiger partial charge is 0.223 e. The van der Waals surface area contributed by atoms with E-state index in [0.29, 0.717) is 23.9 Å². The highest BCUT2D eigenvalue weighted by molar-refractivity contribution is 5.85. The number of rotatable bonds is 2. The Hall–Kier alpha value is -0.280. The Morgan fingerprint density at radius 3 is 2.06 bits per heavy atom. The third-order valence-corrected chi connectivity index (χ3v) is 5.08. The molecular weight excluding hydrogens is 248 g/mol. The van der Waals surface area contributed by atoms with Gasteiger partial charge < -0.3 is 11.1 Å². The fraction of sp³-hybridized carbons (Fsp3) is 0.929. The molecule has 0 spiro atoms. The molecular formula is C14H25ClN2O. The highest BCUT2D eigenvalue weighted by Gasteiger charge is 2.54. The Kier molecular flexibility index (Phi) is 4.54. The lowest BCUT2D eigenvalue weighted by Gasteiger charge is -2.26. The summed E-state index contributed by atoms with van der Waals surface area (Å²) in [5.74, 6) is 2.18. The monoisotopic (exact) mass is 272 g/mol. The number of halogens is 1. The van der Waals surface area contributed by atoms with Gasteiger partial charge in [0.05, 0.1) is 0 Å². The van der Waals surface area contributed by atoms with Gasteiger partial charge in [-0.2, -0.15) is 0 Å². The molecule has 4 heteroatoms. The predicted octanol–water partition coefficient (Wildman–Crippen LogP) is 2.23. The van der Waals surface area contributed by atoms with Crippen molar-refractivity contribution >= 4 is 18.3 Å². The van der Waals surface area contributed by atoms with Crippen LogP contribution in [-0.2, 0) is 4.79 Å². The molecule has 0 aromatic carbocycles. The van der Waals surface area contributed by atoms with E-state index in [1.54, 1.807) is 0 Å². The summed E-state index contributed by atoms with van der Waals surface area (Å²) in [6.07, 6.45) is 9.55. The van der Waals surface area contributed by atoms with E-state index in [9.17, 15) is 4.79 Å². The van der Waals surface area contributed by atoms with Gasteiger partial charge in [0.1, 0.15) is 0 Å². The van der Waals surface area contributed by atoms with Crippen molar-refractivity contribution in [2.75, 3.05) is 0 Å². The average molecular weight is 273 g/mol. The minimum Gasteiger partial charge on any atom is -0.353 e. The lowest BCUT2D eigenvalue weighted by molar-refractivity contribution is -0.123. The first-order chi connectivity index (χ1) is 8.25. The second-order valence-corrected chi connectivity index (χ2v) is 6.26. The van der Waals surface area contributed by atoms with E-state index in [1.807, 2.05) is 0 Å². The van der Waals surface area contributed by atoms with Gasteiger partial charge in [0, 0.05) is 18.0 Å². The Bertz CT molecular complexity index is 290. The number of amides is 1. The molecule has 3 aliphatic rings. The molecule has 0 bridgehead atoms. The zero-order valence-corrected chi connectivity index (χ0v) is 11.8. The van der Waals surface area contributed by atoms with E-state index in [4.69, 9.17) is 5.73 Å². The van der Waals surface area contributed by atoms with Crippen LogP contribution in [0.1, 0.15) is 51.4 Å². The number of carbonyl (C=O) groups excluding carboxylic acids is 1. The molecule has 0 aromatic heterocycles. The highest BCUT2D eigenvalue weighted by Crippen LogP contribution is 2.55. The topological polar surface area (TPSA) is 55.1 Å². The molecule has 3 nitrogen and oxygen atoms in total. The third-order valence-electron chi connectivity index (χ3n) is 5.08. The molecule has 3 fully saturated rings. The standard InChI is InChI=1S/C14H24N2O.ClH/c15-9-5-7-10(8-6-9)16-14(17)13-11-3-1-2-4-12(11)13;/h9-13H,1-8,15H2,(H,16,17);1H. The SMILES string of the molecule is Cl.NC1CCC(NC(=O)C2C3CCCCC32)CC1. The van der Waals surface area contributed by atoms with E-state index in [1.165, 1.54) is 25.7 Å².